The summed E-state index contributed by atoms with van der Waals surface area (Å²) in [4.78, 5) is 26.9. The minimum atomic E-state index is -1.03. The van der Waals surface area contributed by atoms with E-state index in [1.807, 2.05) is 7.05 Å². The van der Waals surface area contributed by atoms with Crippen molar-refractivity contribution in [1.82, 2.24) is 30.1 Å². The molecule has 0 aromatic carbocycles. The van der Waals surface area contributed by atoms with Crippen molar-refractivity contribution in [3.05, 3.63) is 11.9 Å². The number of rotatable bonds is 5. The first-order valence-electron chi connectivity index (χ1n) is 6.74. The number of carboxylic acid groups (broad SMARTS) is 1. The Morgan fingerprint density at radius 1 is 1.43 bits per heavy atom. The van der Waals surface area contributed by atoms with Crippen LogP contribution >= 0.6 is 0 Å². The number of nitrogens with one attached hydrogen (secondary N) is 1. The highest BCUT2D eigenvalue weighted by Gasteiger charge is 2.23. The van der Waals surface area contributed by atoms with Gasteiger partial charge in [-0.1, -0.05) is 5.21 Å². The highest BCUT2D eigenvalue weighted by atomic mass is 16.4. The van der Waals surface area contributed by atoms with Crippen molar-refractivity contribution >= 4 is 11.9 Å². The molecule has 0 spiro atoms. The molecular formula is C12H20N6O3. The molecule has 1 aromatic heterocycles. The van der Waals surface area contributed by atoms with E-state index in [2.05, 4.69) is 32.5 Å². The molecule has 1 aliphatic heterocycles. The molecular weight excluding hydrogens is 276 g/mol. The van der Waals surface area contributed by atoms with Crippen LogP contribution in [0.4, 0.5) is 0 Å². The molecule has 0 saturated carbocycles. The van der Waals surface area contributed by atoms with Gasteiger partial charge in [-0.25, -0.2) is 4.68 Å². The van der Waals surface area contributed by atoms with E-state index in [-0.39, 0.29) is 24.2 Å². The third kappa shape index (κ3) is 4.23. The summed E-state index contributed by atoms with van der Waals surface area (Å²) in [5.41, 5.74) is 0.128. The van der Waals surface area contributed by atoms with Gasteiger partial charge in [0, 0.05) is 32.2 Å². The fourth-order valence-electron chi connectivity index (χ4n) is 2.24. The predicted octanol–water partition coefficient (Wildman–Crippen LogP) is -1.66. The molecule has 9 heteroatoms. The summed E-state index contributed by atoms with van der Waals surface area (Å²) < 4.78 is 1.12. The number of nitrogens with zero attached hydrogens (tertiary/aromatic N) is 5. The molecule has 1 fully saturated rings. The summed E-state index contributed by atoms with van der Waals surface area (Å²) in [5, 5.41) is 18.7. The predicted molar refractivity (Wildman–Crippen MR) is 73.9 cm³/mol. The number of carbonyl (C=O) groups is 2. The number of likely N-dealkylation sites (N-methyl/N-ethyl adjacent to an activating group) is 2. The number of hydrogen-bond donors (Lipinski definition) is 2. The first-order chi connectivity index (χ1) is 9.95. The van der Waals surface area contributed by atoms with Gasteiger partial charge in [0.1, 0.15) is 6.54 Å². The van der Waals surface area contributed by atoms with Crippen LogP contribution in [0.5, 0.6) is 0 Å². The molecule has 1 unspecified atom stereocenters. The van der Waals surface area contributed by atoms with Crippen LogP contribution in [0.3, 0.4) is 0 Å². The quantitative estimate of drug-likeness (QED) is 0.670. The summed E-state index contributed by atoms with van der Waals surface area (Å²) in [7, 11) is 4.09. The van der Waals surface area contributed by atoms with Gasteiger partial charge in [0.15, 0.2) is 5.69 Å². The van der Waals surface area contributed by atoms with Crippen molar-refractivity contribution in [2.45, 2.75) is 12.6 Å². The largest absolute Gasteiger partial charge is 0.480 e. The number of carboxylic acids is 1. The lowest BCUT2D eigenvalue weighted by Crippen LogP contribution is -2.54. The van der Waals surface area contributed by atoms with Gasteiger partial charge in [-0.3, -0.25) is 14.5 Å². The lowest BCUT2D eigenvalue weighted by molar-refractivity contribution is -0.137. The van der Waals surface area contributed by atoms with E-state index in [1.165, 1.54) is 6.20 Å². The third-order valence-electron chi connectivity index (χ3n) is 3.55. The van der Waals surface area contributed by atoms with Gasteiger partial charge in [0.05, 0.1) is 6.20 Å². The van der Waals surface area contributed by atoms with Crippen LogP contribution in [-0.2, 0) is 11.3 Å². The van der Waals surface area contributed by atoms with Crippen LogP contribution in [0, 0.1) is 0 Å². The number of amides is 1. The Morgan fingerprint density at radius 3 is 2.90 bits per heavy atom. The summed E-state index contributed by atoms with van der Waals surface area (Å²) >= 11 is 0. The standard InChI is InChI=1S/C12H20N6O3/c1-16-3-4-17(2)9(6-16)5-13-12(21)10-7-18(15-14-10)8-11(19)20/h7,9H,3-6,8H2,1-2H3,(H,13,21)(H,19,20). The van der Waals surface area contributed by atoms with E-state index in [1.54, 1.807) is 0 Å². The molecule has 0 aliphatic carbocycles. The van der Waals surface area contributed by atoms with Crippen molar-refractivity contribution in [3.8, 4) is 0 Å². The maximum absolute atomic E-state index is 12.0. The Bertz CT molecular complexity index is 517. The zero-order valence-electron chi connectivity index (χ0n) is 12.2. The number of aliphatic carboxylic acids is 1. The smallest absolute Gasteiger partial charge is 0.325 e. The van der Waals surface area contributed by atoms with Crippen LogP contribution < -0.4 is 5.32 Å². The van der Waals surface area contributed by atoms with Gasteiger partial charge in [-0.05, 0) is 14.1 Å². The van der Waals surface area contributed by atoms with Crippen LogP contribution in [0.25, 0.3) is 0 Å². The monoisotopic (exact) mass is 296 g/mol. The summed E-state index contributed by atoms with van der Waals surface area (Å²) in [6.45, 7) is 3.08. The van der Waals surface area contributed by atoms with Gasteiger partial charge < -0.3 is 15.3 Å². The van der Waals surface area contributed by atoms with Crippen molar-refractivity contribution < 1.29 is 14.7 Å². The molecule has 21 heavy (non-hydrogen) atoms. The molecule has 116 valence electrons. The first-order valence-corrected chi connectivity index (χ1v) is 6.74. The maximum Gasteiger partial charge on any atom is 0.325 e. The van der Waals surface area contributed by atoms with Crippen molar-refractivity contribution in [3.63, 3.8) is 0 Å². The molecule has 2 heterocycles. The maximum atomic E-state index is 12.0. The van der Waals surface area contributed by atoms with Crippen molar-refractivity contribution in [2.24, 2.45) is 0 Å². The topological polar surface area (TPSA) is 104 Å². The van der Waals surface area contributed by atoms with Gasteiger partial charge in [-0.2, -0.15) is 0 Å². The Kier molecular flexibility index (Phi) is 4.86. The molecule has 1 saturated heterocycles. The molecule has 1 aromatic rings. The van der Waals surface area contributed by atoms with E-state index in [0.717, 1.165) is 24.3 Å². The van der Waals surface area contributed by atoms with Gasteiger partial charge in [-0.15, -0.1) is 5.10 Å². The molecule has 1 atom stereocenters. The highest BCUT2D eigenvalue weighted by molar-refractivity contribution is 5.91. The number of carbonyl (C=O) groups excluding carboxylic acids is 1. The van der Waals surface area contributed by atoms with Crippen LogP contribution in [-0.4, -0.2) is 88.1 Å². The summed E-state index contributed by atoms with van der Waals surface area (Å²) in [6.07, 6.45) is 1.33. The zero-order chi connectivity index (χ0) is 15.4. The lowest BCUT2D eigenvalue weighted by Gasteiger charge is -2.37. The average molecular weight is 296 g/mol. The fraction of sp³-hybridized carbons (Fsp3) is 0.667. The lowest BCUT2D eigenvalue weighted by atomic mass is 10.2. The average Bonchev–Trinajstić information content (AvgIpc) is 2.87. The molecule has 1 amide bonds. The highest BCUT2D eigenvalue weighted by Crippen LogP contribution is 2.05. The number of piperazine rings is 1. The Morgan fingerprint density at radius 2 is 2.19 bits per heavy atom. The fourth-order valence-corrected chi connectivity index (χ4v) is 2.24. The Labute approximate surface area is 122 Å². The van der Waals surface area contributed by atoms with Crippen LogP contribution in [0.1, 0.15) is 10.5 Å². The van der Waals surface area contributed by atoms with Crippen molar-refractivity contribution in [1.29, 1.82) is 0 Å². The van der Waals surface area contributed by atoms with E-state index in [9.17, 15) is 9.59 Å². The van der Waals surface area contributed by atoms with E-state index in [4.69, 9.17) is 5.11 Å². The summed E-state index contributed by atoms with van der Waals surface area (Å²) in [6, 6.07) is 0.252. The Hall–Kier alpha value is -2.00. The van der Waals surface area contributed by atoms with Gasteiger partial charge in [0.2, 0.25) is 0 Å². The van der Waals surface area contributed by atoms with E-state index in [0.29, 0.717) is 6.54 Å². The Balaban J connectivity index is 1.86. The first kappa shape index (κ1) is 15.4. The summed E-state index contributed by atoms with van der Waals surface area (Å²) in [5.74, 6) is -1.37. The van der Waals surface area contributed by atoms with Crippen LogP contribution in [0.2, 0.25) is 0 Å². The minimum Gasteiger partial charge on any atom is -0.480 e. The van der Waals surface area contributed by atoms with Gasteiger partial charge in [0.25, 0.3) is 5.91 Å². The zero-order valence-corrected chi connectivity index (χ0v) is 12.2. The van der Waals surface area contributed by atoms with Crippen LogP contribution in [0.15, 0.2) is 6.20 Å². The SMILES string of the molecule is CN1CCN(C)C(CNC(=O)c2cn(CC(=O)O)nn2)C1. The van der Waals surface area contributed by atoms with E-state index >= 15 is 0 Å². The normalized spacial score (nSPS) is 20.4. The minimum absolute atomic E-state index is 0.128. The molecule has 1 aliphatic rings. The van der Waals surface area contributed by atoms with Crippen molar-refractivity contribution in [2.75, 3.05) is 40.3 Å². The molecule has 2 N–H and O–H groups in total. The van der Waals surface area contributed by atoms with Gasteiger partial charge >= 0.3 is 5.97 Å². The second kappa shape index (κ2) is 6.64. The molecule has 0 radical (unpaired) electrons. The second-order valence-electron chi connectivity index (χ2n) is 5.30. The molecule has 9 nitrogen and oxygen atoms in total. The third-order valence-corrected chi connectivity index (χ3v) is 3.55. The second-order valence-corrected chi connectivity index (χ2v) is 5.30. The number of hydrogen-bond acceptors (Lipinski definition) is 6. The number of aromatic nitrogens is 3. The molecule has 0 bridgehead atoms. The van der Waals surface area contributed by atoms with E-state index < -0.39 is 5.97 Å². The molecule has 2 rings (SSSR count).